The first kappa shape index (κ1) is 23.7. The highest BCUT2D eigenvalue weighted by Gasteiger charge is 2.28. The van der Waals surface area contributed by atoms with Gasteiger partial charge in [0.1, 0.15) is 12.3 Å². The SMILES string of the molecule is COc1cc(C)ccc1OCC(=O)c1ccc2c(c1)N(CC(=O)NCc1ccccn1)C(=O)CO2. The largest absolute Gasteiger partial charge is 0.493 e. The maximum atomic E-state index is 12.8. The van der Waals surface area contributed by atoms with Crippen LogP contribution in [-0.4, -0.2) is 49.4 Å². The van der Waals surface area contributed by atoms with Crippen molar-refractivity contribution < 1.29 is 28.6 Å². The van der Waals surface area contributed by atoms with Crippen molar-refractivity contribution in [1.29, 1.82) is 0 Å². The Balaban J connectivity index is 1.45. The number of ether oxygens (including phenoxy) is 3. The molecule has 2 heterocycles. The Morgan fingerprint density at radius 2 is 1.97 bits per heavy atom. The van der Waals surface area contributed by atoms with Gasteiger partial charge in [-0.05, 0) is 55.0 Å². The molecule has 0 unspecified atom stereocenters. The molecule has 0 fully saturated rings. The van der Waals surface area contributed by atoms with E-state index in [2.05, 4.69) is 10.3 Å². The predicted octanol–water partition coefficient (Wildman–Crippen LogP) is 2.70. The first-order chi connectivity index (χ1) is 16.9. The van der Waals surface area contributed by atoms with Gasteiger partial charge in [0.15, 0.2) is 30.5 Å². The Morgan fingerprint density at radius 1 is 1.11 bits per heavy atom. The van der Waals surface area contributed by atoms with Crippen molar-refractivity contribution in [2.24, 2.45) is 0 Å². The Kier molecular flexibility index (Phi) is 7.25. The highest BCUT2D eigenvalue weighted by Crippen LogP contribution is 2.33. The summed E-state index contributed by atoms with van der Waals surface area (Å²) in [6, 6.07) is 15.6. The second-order valence-electron chi connectivity index (χ2n) is 7.92. The molecule has 0 saturated heterocycles. The number of pyridine rings is 1. The van der Waals surface area contributed by atoms with Crippen LogP contribution < -0.4 is 24.4 Å². The Labute approximate surface area is 202 Å². The van der Waals surface area contributed by atoms with Crippen LogP contribution in [0.4, 0.5) is 5.69 Å². The van der Waals surface area contributed by atoms with Gasteiger partial charge in [0.25, 0.3) is 5.91 Å². The van der Waals surface area contributed by atoms with E-state index in [0.717, 1.165) is 5.56 Å². The number of methoxy groups -OCH3 is 1. The van der Waals surface area contributed by atoms with E-state index in [0.29, 0.717) is 34.2 Å². The zero-order valence-electron chi connectivity index (χ0n) is 19.4. The molecule has 0 saturated carbocycles. The number of nitrogens with zero attached hydrogens (tertiary/aromatic N) is 2. The molecule has 1 aromatic heterocycles. The fraction of sp³-hybridized carbons (Fsp3) is 0.231. The number of benzene rings is 2. The van der Waals surface area contributed by atoms with Crippen LogP contribution in [0.1, 0.15) is 21.6 Å². The van der Waals surface area contributed by atoms with Gasteiger partial charge >= 0.3 is 0 Å². The van der Waals surface area contributed by atoms with Gasteiger partial charge in [-0.25, -0.2) is 0 Å². The number of ketones is 1. The Hall–Kier alpha value is -4.40. The van der Waals surface area contributed by atoms with Crippen LogP contribution in [-0.2, 0) is 16.1 Å². The molecule has 1 aliphatic heterocycles. The number of hydrogen-bond acceptors (Lipinski definition) is 7. The van der Waals surface area contributed by atoms with E-state index in [1.54, 1.807) is 36.5 Å². The minimum atomic E-state index is -0.379. The number of Topliss-reactive ketones (excluding diaryl/α,β-unsaturated/α-hetero) is 1. The van der Waals surface area contributed by atoms with Gasteiger partial charge in [-0.15, -0.1) is 0 Å². The quantitative estimate of drug-likeness (QED) is 0.474. The van der Waals surface area contributed by atoms with E-state index in [-0.39, 0.29) is 43.9 Å². The molecule has 0 atom stereocenters. The minimum absolute atomic E-state index is 0.190. The lowest BCUT2D eigenvalue weighted by atomic mass is 10.1. The number of hydrogen-bond donors (Lipinski definition) is 1. The third kappa shape index (κ3) is 5.75. The first-order valence-electron chi connectivity index (χ1n) is 11.0. The van der Waals surface area contributed by atoms with Gasteiger partial charge in [-0.3, -0.25) is 24.3 Å². The van der Waals surface area contributed by atoms with Crippen molar-refractivity contribution in [1.82, 2.24) is 10.3 Å². The van der Waals surface area contributed by atoms with Crippen molar-refractivity contribution in [2.75, 3.05) is 31.8 Å². The second-order valence-corrected chi connectivity index (χ2v) is 7.92. The second kappa shape index (κ2) is 10.7. The summed E-state index contributed by atoms with van der Waals surface area (Å²) in [4.78, 5) is 43.4. The molecule has 0 spiro atoms. The summed E-state index contributed by atoms with van der Waals surface area (Å²) in [6.07, 6.45) is 1.64. The molecule has 4 rings (SSSR count). The van der Waals surface area contributed by atoms with Crippen LogP contribution in [0.5, 0.6) is 17.2 Å². The number of fused-ring (bicyclic) bond motifs is 1. The number of carbonyl (C=O) groups excluding carboxylic acids is 3. The lowest BCUT2D eigenvalue weighted by molar-refractivity contribution is -0.125. The number of nitrogens with one attached hydrogen (secondary N) is 1. The molecule has 1 N–H and O–H groups in total. The third-order valence-electron chi connectivity index (χ3n) is 5.40. The van der Waals surface area contributed by atoms with Crippen LogP contribution in [0.15, 0.2) is 60.8 Å². The monoisotopic (exact) mass is 475 g/mol. The standard InChI is InChI=1S/C26H25N3O6/c1-17-6-8-23(24(11-17)33-2)34-15-21(30)18-7-9-22-20(12-18)29(26(32)16-35-22)14-25(31)28-13-19-5-3-4-10-27-19/h3-12H,13-16H2,1-2H3,(H,28,31). The molecule has 35 heavy (non-hydrogen) atoms. The van der Waals surface area contributed by atoms with Gasteiger partial charge in [0.2, 0.25) is 5.91 Å². The number of aromatic nitrogens is 1. The normalized spacial score (nSPS) is 12.4. The molecule has 0 bridgehead atoms. The van der Waals surface area contributed by atoms with Crippen LogP contribution >= 0.6 is 0 Å². The minimum Gasteiger partial charge on any atom is -0.493 e. The van der Waals surface area contributed by atoms with Gasteiger partial charge in [-0.2, -0.15) is 0 Å². The molecular formula is C26H25N3O6. The van der Waals surface area contributed by atoms with Crippen molar-refractivity contribution in [3.63, 3.8) is 0 Å². The van der Waals surface area contributed by atoms with E-state index >= 15 is 0 Å². The zero-order valence-corrected chi connectivity index (χ0v) is 19.4. The van der Waals surface area contributed by atoms with Gasteiger partial charge in [-0.1, -0.05) is 12.1 Å². The topological polar surface area (TPSA) is 107 Å². The van der Waals surface area contributed by atoms with E-state index in [1.165, 1.54) is 18.1 Å². The van der Waals surface area contributed by atoms with Crippen LogP contribution in [0.25, 0.3) is 0 Å². The number of carbonyl (C=O) groups is 3. The average Bonchev–Trinajstić information content (AvgIpc) is 2.88. The summed E-state index contributed by atoms with van der Waals surface area (Å²) in [5, 5.41) is 2.75. The summed E-state index contributed by atoms with van der Waals surface area (Å²) in [7, 11) is 1.53. The smallest absolute Gasteiger partial charge is 0.265 e. The van der Waals surface area contributed by atoms with Crippen molar-refractivity contribution >= 4 is 23.3 Å². The number of rotatable bonds is 9. The van der Waals surface area contributed by atoms with Crippen LogP contribution in [0.3, 0.4) is 0 Å². The molecule has 1 aliphatic rings. The highest BCUT2D eigenvalue weighted by atomic mass is 16.5. The summed E-state index contributed by atoms with van der Waals surface area (Å²) < 4.78 is 16.5. The Morgan fingerprint density at radius 3 is 2.74 bits per heavy atom. The van der Waals surface area contributed by atoms with Crippen LogP contribution in [0, 0.1) is 6.92 Å². The number of amides is 2. The molecule has 0 aliphatic carbocycles. The number of anilines is 1. The molecule has 9 nitrogen and oxygen atoms in total. The summed E-state index contributed by atoms with van der Waals surface area (Å²) in [5.74, 6) is 0.367. The van der Waals surface area contributed by atoms with Gasteiger partial charge < -0.3 is 19.5 Å². The first-order valence-corrected chi connectivity index (χ1v) is 11.0. The Bertz CT molecular complexity index is 1250. The lowest BCUT2D eigenvalue weighted by Crippen LogP contribution is -2.45. The van der Waals surface area contributed by atoms with E-state index in [4.69, 9.17) is 14.2 Å². The van der Waals surface area contributed by atoms with Crippen LogP contribution in [0.2, 0.25) is 0 Å². The maximum Gasteiger partial charge on any atom is 0.265 e. The molecule has 0 radical (unpaired) electrons. The molecule has 2 amide bonds. The van der Waals surface area contributed by atoms with Crippen molar-refractivity contribution in [3.8, 4) is 17.2 Å². The lowest BCUT2D eigenvalue weighted by Gasteiger charge is -2.29. The maximum absolute atomic E-state index is 12.8. The molecule has 3 aromatic rings. The molecular weight excluding hydrogens is 450 g/mol. The van der Waals surface area contributed by atoms with Crippen molar-refractivity contribution in [2.45, 2.75) is 13.5 Å². The van der Waals surface area contributed by atoms with E-state index in [9.17, 15) is 14.4 Å². The van der Waals surface area contributed by atoms with Crippen molar-refractivity contribution in [3.05, 3.63) is 77.6 Å². The fourth-order valence-corrected chi connectivity index (χ4v) is 3.56. The molecule has 9 heteroatoms. The molecule has 2 aromatic carbocycles. The number of aryl methyl sites for hydroxylation is 1. The van der Waals surface area contributed by atoms with Gasteiger partial charge in [0.05, 0.1) is 25.0 Å². The fourth-order valence-electron chi connectivity index (χ4n) is 3.56. The summed E-state index contributed by atoms with van der Waals surface area (Å²) >= 11 is 0. The van der Waals surface area contributed by atoms with E-state index < -0.39 is 0 Å². The highest BCUT2D eigenvalue weighted by molar-refractivity contribution is 6.04. The average molecular weight is 476 g/mol. The zero-order chi connectivity index (χ0) is 24.8. The summed E-state index contributed by atoms with van der Waals surface area (Å²) in [5.41, 5.74) is 2.39. The van der Waals surface area contributed by atoms with E-state index in [1.807, 2.05) is 25.1 Å². The predicted molar refractivity (Wildman–Crippen MR) is 128 cm³/mol. The van der Waals surface area contributed by atoms with Gasteiger partial charge in [0, 0.05) is 11.8 Å². The summed E-state index contributed by atoms with van der Waals surface area (Å²) in [6.45, 7) is 1.54. The molecule has 180 valence electrons. The third-order valence-corrected chi connectivity index (χ3v) is 5.40.